The zero-order valence-corrected chi connectivity index (χ0v) is 11.3. The molecule has 2 heterocycles. The number of aromatic nitrogens is 4. The fraction of sp³-hybridized carbons (Fsp3) is 0.583. The maximum atomic E-state index is 4.90. The normalized spacial score (nSPS) is 12.0. The Morgan fingerprint density at radius 1 is 1.33 bits per heavy atom. The van der Waals surface area contributed by atoms with E-state index in [1.807, 2.05) is 10.9 Å². The minimum Gasteiger partial charge on any atom is -0.340 e. The van der Waals surface area contributed by atoms with Gasteiger partial charge in [0.1, 0.15) is 0 Å². The van der Waals surface area contributed by atoms with Crippen molar-refractivity contribution in [3.05, 3.63) is 29.7 Å². The van der Waals surface area contributed by atoms with Crippen LogP contribution in [-0.2, 0) is 18.6 Å². The van der Waals surface area contributed by atoms with Crippen LogP contribution in [0.15, 0.2) is 16.9 Å². The Morgan fingerprint density at radius 3 is 2.67 bits per heavy atom. The van der Waals surface area contributed by atoms with E-state index in [9.17, 15) is 0 Å². The minimum atomic E-state index is 0.0169. The van der Waals surface area contributed by atoms with E-state index in [1.54, 1.807) is 6.92 Å². The van der Waals surface area contributed by atoms with Crippen molar-refractivity contribution in [3.8, 4) is 0 Å². The summed E-state index contributed by atoms with van der Waals surface area (Å²) >= 11 is 0. The minimum absolute atomic E-state index is 0.0169. The molecular weight excluding hydrogens is 230 g/mol. The van der Waals surface area contributed by atoms with Crippen molar-refractivity contribution in [3.63, 3.8) is 0 Å². The van der Waals surface area contributed by atoms with Gasteiger partial charge in [0, 0.05) is 25.2 Å². The predicted octanol–water partition coefficient (Wildman–Crippen LogP) is 1.62. The van der Waals surface area contributed by atoms with Gasteiger partial charge in [-0.1, -0.05) is 5.16 Å². The third-order valence-electron chi connectivity index (χ3n) is 2.51. The summed E-state index contributed by atoms with van der Waals surface area (Å²) in [7, 11) is 0. The Kier molecular flexibility index (Phi) is 3.47. The lowest BCUT2D eigenvalue weighted by atomic mass is 10.1. The van der Waals surface area contributed by atoms with E-state index >= 15 is 0 Å². The molecule has 0 bridgehead atoms. The fourth-order valence-electron chi connectivity index (χ4n) is 1.55. The van der Waals surface area contributed by atoms with Gasteiger partial charge in [-0.2, -0.15) is 10.1 Å². The highest BCUT2D eigenvalue weighted by molar-refractivity contribution is 5.05. The SMILES string of the molecule is Cc1nc(CNCc2cnn(C(C)(C)C)c2)no1. The molecule has 18 heavy (non-hydrogen) atoms. The molecule has 0 aliphatic carbocycles. The van der Waals surface area contributed by atoms with Gasteiger partial charge >= 0.3 is 0 Å². The predicted molar refractivity (Wildman–Crippen MR) is 66.8 cm³/mol. The van der Waals surface area contributed by atoms with E-state index in [1.165, 1.54) is 0 Å². The summed E-state index contributed by atoms with van der Waals surface area (Å²) in [5.41, 5.74) is 1.16. The number of rotatable bonds is 4. The van der Waals surface area contributed by atoms with Crippen LogP contribution in [0.2, 0.25) is 0 Å². The van der Waals surface area contributed by atoms with Gasteiger partial charge in [-0.25, -0.2) is 0 Å². The first-order valence-corrected chi connectivity index (χ1v) is 5.99. The average Bonchev–Trinajstić information content (AvgIpc) is 2.87. The summed E-state index contributed by atoms with van der Waals surface area (Å²) in [6, 6.07) is 0. The second kappa shape index (κ2) is 4.89. The van der Waals surface area contributed by atoms with Crippen molar-refractivity contribution in [2.45, 2.75) is 46.3 Å². The maximum absolute atomic E-state index is 4.90. The lowest BCUT2D eigenvalue weighted by molar-refractivity contribution is 0.355. The van der Waals surface area contributed by atoms with Crippen LogP contribution in [-0.4, -0.2) is 19.9 Å². The van der Waals surface area contributed by atoms with E-state index in [0.717, 1.165) is 12.1 Å². The maximum Gasteiger partial charge on any atom is 0.223 e. The van der Waals surface area contributed by atoms with E-state index in [-0.39, 0.29) is 5.54 Å². The summed E-state index contributed by atoms with van der Waals surface area (Å²) in [4.78, 5) is 4.13. The fourth-order valence-corrected chi connectivity index (χ4v) is 1.55. The Hall–Kier alpha value is -1.69. The Labute approximate surface area is 106 Å². The molecule has 0 fully saturated rings. The topological polar surface area (TPSA) is 68.8 Å². The number of nitrogens with one attached hydrogen (secondary N) is 1. The third-order valence-corrected chi connectivity index (χ3v) is 2.51. The lowest BCUT2D eigenvalue weighted by Crippen LogP contribution is -2.22. The first-order valence-electron chi connectivity index (χ1n) is 5.99. The van der Waals surface area contributed by atoms with E-state index in [4.69, 9.17) is 4.52 Å². The van der Waals surface area contributed by atoms with Gasteiger partial charge in [0.2, 0.25) is 5.89 Å². The molecule has 98 valence electrons. The third kappa shape index (κ3) is 3.16. The molecule has 0 amide bonds. The highest BCUT2D eigenvalue weighted by atomic mass is 16.5. The van der Waals surface area contributed by atoms with Crippen LogP contribution >= 0.6 is 0 Å². The summed E-state index contributed by atoms with van der Waals surface area (Å²) in [6.45, 7) is 9.49. The molecule has 0 saturated carbocycles. The number of hydrogen-bond acceptors (Lipinski definition) is 5. The van der Waals surface area contributed by atoms with Crippen molar-refractivity contribution < 1.29 is 4.52 Å². The number of nitrogens with zero attached hydrogens (tertiary/aromatic N) is 4. The van der Waals surface area contributed by atoms with Crippen LogP contribution in [0.1, 0.15) is 38.0 Å². The van der Waals surface area contributed by atoms with Crippen molar-refractivity contribution in [2.75, 3.05) is 0 Å². The van der Waals surface area contributed by atoms with Gasteiger partial charge in [-0.15, -0.1) is 0 Å². The van der Waals surface area contributed by atoms with Crippen LogP contribution in [0.3, 0.4) is 0 Å². The molecule has 2 rings (SSSR count). The quantitative estimate of drug-likeness (QED) is 0.891. The molecule has 0 aliphatic heterocycles. The Morgan fingerprint density at radius 2 is 2.11 bits per heavy atom. The molecule has 0 spiro atoms. The summed E-state index contributed by atoms with van der Waals surface area (Å²) in [6.07, 6.45) is 3.92. The highest BCUT2D eigenvalue weighted by Crippen LogP contribution is 2.12. The molecular formula is C12H19N5O. The number of aryl methyl sites for hydroxylation is 1. The monoisotopic (exact) mass is 249 g/mol. The van der Waals surface area contributed by atoms with Crippen LogP contribution in [0.5, 0.6) is 0 Å². The highest BCUT2D eigenvalue weighted by Gasteiger charge is 2.13. The van der Waals surface area contributed by atoms with E-state index in [0.29, 0.717) is 18.3 Å². The zero-order valence-electron chi connectivity index (χ0n) is 11.3. The van der Waals surface area contributed by atoms with Crippen LogP contribution < -0.4 is 5.32 Å². The Balaban J connectivity index is 1.85. The molecule has 6 heteroatoms. The molecule has 0 aromatic carbocycles. The van der Waals surface area contributed by atoms with Crippen LogP contribution in [0.4, 0.5) is 0 Å². The number of hydrogen-bond donors (Lipinski definition) is 1. The molecule has 0 aliphatic rings. The second-order valence-electron chi connectivity index (χ2n) is 5.30. The van der Waals surface area contributed by atoms with E-state index in [2.05, 4.69) is 47.5 Å². The molecule has 0 saturated heterocycles. The first kappa shape index (κ1) is 12.8. The van der Waals surface area contributed by atoms with E-state index < -0.39 is 0 Å². The smallest absolute Gasteiger partial charge is 0.223 e. The van der Waals surface area contributed by atoms with Gasteiger partial charge in [-0.3, -0.25) is 4.68 Å². The van der Waals surface area contributed by atoms with Crippen molar-refractivity contribution >= 4 is 0 Å². The standard InChI is InChI=1S/C12H19N5O/c1-9-15-11(16-18-9)7-13-5-10-6-14-17(8-10)12(2,3)4/h6,8,13H,5,7H2,1-4H3. The largest absolute Gasteiger partial charge is 0.340 e. The van der Waals surface area contributed by atoms with Gasteiger partial charge in [0.25, 0.3) is 0 Å². The molecule has 0 atom stereocenters. The molecule has 2 aromatic rings. The van der Waals surface area contributed by atoms with Crippen molar-refractivity contribution in [1.82, 2.24) is 25.2 Å². The zero-order chi connectivity index (χ0) is 13.2. The lowest BCUT2D eigenvalue weighted by Gasteiger charge is -2.18. The average molecular weight is 249 g/mol. The summed E-state index contributed by atoms with van der Waals surface area (Å²) in [5, 5.41) is 11.4. The van der Waals surface area contributed by atoms with Crippen molar-refractivity contribution in [2.24, 2.45) is 0 Å². The molecule has 1 N–H and O–H groups in total. The second-order valence-corrected chi connectivity index (χ2v) is 5.30. The van der Waals surface area contributed by atoms with Gasteiger partial charge in [0.15, 0.2) is 5.82 Å². The molecule has 6 nitrogen and oxygen atoms in total. The van der Waals surface area contributed by atoms with Crippen LogP contribution in [0.25, 0.3) is 0 Å². The van der Waals surface area contributed by atoms with Gasteiger partial charge in [0.05, 0.1) is 18.3 Å². The summed E-state index contributed by atoms with van der Waals surface area (Å²) < 4.78 is 6.86. The van der Waals surface area contributed by atoms with Crippen molar-refractivity contribution in [1.29, 1.82) is 0 Å². The first-order chi connectivity index (χ1) is 8.45. The molecule has 0 radical (unpaired) electrons. The molecule has 2 aromatic heterocycles. The summed E-state index contributed by atoms with van der Waals surface area (Å²) in [5.74, 6) is 1.27. The molecule has 0 unspecified atom stereocenters. The van der Waals surface area contributed by atoms with Gasteiger partial charge < -0.3 is 9.84 Å². The van der Waals surface area contributed by atoms with Gasteiger partial charge in [-0.05, 0) is 20.8 Å². The van der Waals surface area contributed by atoms with Crippen LogP contribution in [0, 0.1) is 6.92 Å². The Bertz CT molecular complexity index is 509.